The Morgan fingerprint density at radius 3 is 2.20 bits per heavy atom. The maximum absolute atomic E-state index is 12.1. The summed E-state index contributed by atoms with van der Waals surface area (Å²) < 4.78 is 36.4. The molecule has 1 saturated carbocycles. The summed E-state index contributed by atoms with van der Waals surface area (Å²) >= 11 is 0. The van der Waals surface area contributed by atoms with Crippen LogP contribution in [-0.4, -0.2) is 18.8 Å². The third-order valence-corrected chi connectivity index (χ3v) is 4.43. The Bertz CT molecular complexity index is 267. The summed E-state index contributed by atoms with van der Waals surface area (Å²) in [5.74, 6) is 0.690. The van der Waals surface area contributed by atoms with Gasteiger partial charge in [0.05, 0.1) is 0 Å². The van der Waals surface area contributed by atoms with Crippen molar-refractivity contribution in [1.29, 1.82) is 0 Å². The van der Waals surface area contributed by atoms with Gasteiger partial charge in [0.2, 0.25) is 0 Å². The predicted octanol–water partition coefficient (Wildman–Crippen LogP) is 5.30. The zero-order chi connectivity index (χ0) is 15.2. The van der Waals surface area contributed by atoms with Crippen molar-refractivity contribution in [1.82, 2.24) is 5.32 Å². The Morgan fingerprint density at radius 1 is 1.10 bits per heavy atom. The summed E-state index contributed by atoms with van der Waals surface area (Å²) in [6.45, 7) is 7.49. The molecule has 4 heteroatoms. The summed E-state index contributed by atoms with van der Waals surface area (Å²) in [6.07, 6.45) is 2.55. The maximum atomic E-state index is 12.1. The lowest BCUT2D eigenvalue weighted by atomic mass is 9.78. The van der Waals surface area contributed by atoms with E-state index in [1.165, 1.54) is 32.1 Å². The molecule has 120 valence electrons. The van der Waals surface area contributed by atoms with Gasteiger partial charge in [-0.15, -0.1) is 0 Å². The fraction of sp³-hybridized carbons (Fsp3) is 1.00. The largest absolute Gasteiger partial charge is 0.389 e. The second-order valence-corrected chi connectivity index (χ2v) is 7.09. The van der Waals surface area contributed by atoms with Crippen LogP contribution in [0.4, 0.5) is 13.2 Å². The van der Waals surface area contributed by atoms with Gasteiger partial charge in [0, 0.05) is 19.0 Å². The quantitative estimate of drug-likeness (QED) is 0.640. The average molecular weight is 293 g/mol. The van der Waals surface area contributed by atoms with Crippen LogP contribution in [0.1, 0.15) is 72.1 Å². The van der Waals surface area contributed by atoms with Gasteiger partial charge in [-0.05, 0) is 50.4 Å². The van der Waals surface area contributed by atoms with Crippen LogP contribution >= 0.6 is 0 Å². The molecule has 0 spiro atoms. The highest BCUT2D eigenvalue weighted by molar-refractivity contribution is 4.88. The standard InChI is InChI=1S/C16H30F3N/c1-13(2)11-15(8-4-5-9-15)12-20-14(3)7-6-10-16(17,18)19/h13-14,20H,4-12H2,1-3H3. The van der Waals surface area contributed by atoms with Gasteiger partial charge in [-0.3, -0.25) is 0 Å². The van der Waals surface area contributed by atoms with E-state index in [1.54, 1.807) is 0 Å². The molecular weight excluding hydrogens is 263 g/mol. The Kier molecular flexibility index (Phi) is 6.83. The van der Waals surface area contributed by atoms with E-state index in [0.717, 1.165) is 6.54 Å². The lowest BCUT2D eigenvalue weighted by molar-refractivity contribution is -0.135. The molecule has 20 heavy (non-hydrogen) atoms. The summed E-state index contributed by atoms with van der Waals surface area (Å²) in [6, 6.07) is 0.182. The van der Waals surface area contributed by atoms with Crippen LogP contribution in [-0.2, 0) is 0 Å². The van der Waals surface area contributed by atoms with Crippen LogP contribution in [0.3, 0.4) is 0 Å². The molecule has 1 N–H and O–H groups in total. The minimum absolute atomic E-state index is 0.182. The van der Waals surface area contributed by atoms with Gasteiger partial charge in [0.25, 0.3) is 0 Å². The number of nitrogens with one attached hydrogen (secondary N) is 1. The van der Waals surface area contributed by atoms with Gasteiger partial charge in [-0.2, -0.15) is 13.2 Å². The molecule has 1 rings (SSSR count). The fourth-order valence-corrected chi connectivity index (χ4v) is 3.55. The predicted molar refractivity (Wildman–Crippen MR) is 77.7 cm³/mol. The summed E-state index contributed by atoms with van der Waals surface area (Å²) in [7, 11) is 0. The van der Waals surface area contributed by atoms with Crippen molar-refractivity contribution in [3.05, 3.63) is 0 Å². The SMILES string of the molecule is CC(C)CC1(CNC(C)CCCC(F)(F)F)CCCC1. The lowest BCUT2D eigenvalue weighted by Gasteiger charge is -2.32. The molecule has 0 radical (unpaired) electrons. The first-order valence-corrected chi connectivity index (χ1v) is 8.03. The van der Waals surface area contributed by atoms with Crippen LogP contribution in [0.5, 0.6) is 0 Å². The molecule has 0 aliphatic heterocycles. The molecule has 0 bridgehead atoms. The van der Waals surface area contributed by atoms with Crippen molar-refractivity contribution >= 4 is 0 Å². The first kappa shape index (κ1) is 17.8. The van der Waals surface area contributed by atoms with Crippen molar-refractivity contribution in [3.8, 4) is 0 Å². The topological polar surface area (TPSA) is 12.0 Å². The van der Waals surface area contributed by atoms with E-state index in [0.29, 0.717) is 17.8 Å². The van der Waals surface area contributed by atoms with Crippen LogP contribution in [0.2, 0.25) is 0 Å². The van der Waals surface area contributed by atoms with E-state index in [9.17, 15) is 13.2 Å². The molecule has 1 fully saturated rings. The van der Waals surface area contributed by atoms with E-state index in [4.69, 9.17) is 0 Å². The molecule has 1 aliphatic rings. The zero-order valence-corrected chi connectivity index (χ0v) is 13.2. The van der Waals surface area contributed by atoms with Crippen LogP contribution in [0.25, 0.3) is 0 Å². The van der Waals surface area contributed by atoms with Crippen molar-refractivity contribution in [3.63, 3.8) is 0 Å². The highest BCUT2D eigenvalue weighted by Gasteiger charge is 2.34. The van der Waals surface area contributed by atoms with Gasteiger partial charge in [-0.25, -0.2) is 0 Å². The molecular formula is C16H30F3N. The Morgan fingerprint density at radius 2 is 1.70 bits per heavy atom. The fourth-order valence-electron chi connectivity index (χ4n) is 3.55. The van der Waals surface area contributed by atoms with Crippen LogP contribution in [0.15, 0.2) is 0 Å². The minimum Gasteiger partial charge on any atom is -0.314 e. The summed E-state index contributed by atoms with van der Waals surface area (Å²) in [5, 5.41) is 3.49. The number of alkyl halides is 3. The van der Waals surface area contributed by atoms with Crippen molar-refractivity contribution in [2.75, 3.05) is 6.54 Å². The zero-order valence-electron chi connectivity index (χ0n) is 13.2. The van der Waals surface area contributed by atoms with E-state index < -0.39 is 12.6 Å². The maximum Gasteiger partial charge on any atom is 0.389 e. The summed E-state index contributed by atoms with van der Waals surface area (Å²) in [5.41, 5.74) is 0.395. The van der Waals surface area contributed by atoms with Crippen LogP contribution < -0.4 is 5.32 Å². The monoisotopic (exact) mass is 293 g/mol. The first-order chi connectivity index (χ1) is 9.22. The molecule has 0 aromatic rings. The van der Waals surface area contributed by atoms with Crippen molar-refractivity contribution in [2.24, 2.45) is 11.3 Å². The molecule has 0 aromatic heterocycles. The van der Waals surface area contributed by atoms with E-state index in [2.05, 4.69) is 19.2 Å². The third kappa shape index (κ3) is 6.96. The van der Waals surface area contributed by atoms with Crippen molar-refractivity contribution in [2.45, 2.75) is 84.4 Å². The second kappa shape index (κ2) is 7.67. The van der Waals surface area contributed by atoms with E-state index in [-0.39, 0.29) is 12.5 Å². The molecule has 1 atom stereocenters. The molecule has 0 amide bonds. The minimum atomic E-state index is -4.01. The molecule has 1 aliphatic carbocycles. The Labute approximate surface area is 121 Å². The Hall–Kier alpha value is -0.250. The van der Waals surface area contributed by atoms with Gasteiger partial charge in [0.1, 0.15) is 0 Å². The Balaban J connectivity index is 2.29. The van der Waals surface area contributed by atoms with Gasteiger partial charge in [0.15, 0.2) is 0 Å². The van der Waals surface area contributed by atoms with Gasteiger partial charge < -0.3 is 5.32 Å². The molecule has 0 saturated heterocycles. The molecule has 0 aromatic carbocycles. The smallest absolute Gasteiger partial charge is 0.314 e. The second-order valence-electron chi connectivity index (χ2n) is 7.09. The third-order valence-electron chi connectivity index (χ3n) is 4.43. The first-order valence-electron chi connectivity index (χ1n) is 8.03. The average Bonchev–Trinajstić information content (AvgIpc) is 2.73. The molecule has 0 heterocycles. The number of hydrogen-bond acceptors (Lipinski definition) is 1. The van der Waals surface area contributed by atoms with Gasteiger partial charge in [-0.1, -0.05) is 26.7 Å². The summed E-state index contributed by atoms with van der Waals surface area (Å²) in [4.78, 5) is 0. The highest BCUT2D eigenvalue weighted by atomic mass is 19.4. The molecule has 1 nitrogen and oxygen atoms in total. The van der Waals surface area contributed by atoms with Gasteiger partial charge >= 0.3 is 6.18 Å². The van der Waals surface area contributed by atoms with E-state index in [1.807, 2.05) is 6.92 Å². The number of halogens is 3. The normalized spacial score (nSPS) is 20.6. The molecule has 1 unspecified atom stereocenters. The van der Waals surface area contributed by atoms with E-state index >= 15 is 0 Å². The van der Waals surface area contributed by atoms with Crippen molar-refractivity contribution < 1.29 is 13.2 Å². The number of hydrogen-bond donors (Lipinski definition) is 1. The highest BCUT2D eigenvalue weighted by Crippen LogP contribution is 2.42. The number of rotatable bonds is 8. The lowest BCUT2D eigenvalue weighted by Crippen LogP contribution is -2.38. The van der Waals surface area contributed by atoms with Crippen LogP contribution in [0, 0.1) is 11.3 Å².